The van der Waals surface area contributed by atoms with Gasteiger partial charge < -0.3 is 4.57 Å². The van der Waals surface area contributed by atoms with Crippen LogP contribution in [0.5, 0.6) is 0 Å². The zero-order chi connectivity index (χ0) is 12.4. The first-order valence-electron chi connectivity index (χ1n) is 4.86. The fourth-order valence-corrected chi connectivity index (χ4v) is 2.77. The smallest absolute Gasteiger partial charge is 0.265 e. The summed E-state index contributed by atoms with van der Waals surface area (Å²) in [6.45, 7) is 0.342. The molecule has 17 heavy (non-hydrogen) atoms. The van der Waals surface area contributed by atoms with Crippen LogP contribution in [-0.4, -0.2) is 4.57 Å². The molecule has 2 aromatic rings. The van der Waals surface area contributed by atoms with Crippen molar-refractivity contribution in [2.75, 3.05) is 0 Å². The van der Waals surface area contributed by atoms with E-state index in [2.05, 4.69) is 31.9 Å². The van der Waals surface area contributed by atoms with Gasteiger partial charge in [0.25, 0.3) is 5.56 Å². The Bertz CT molecular complexity index is 610. The Balaban J connectivity index is 2.40. The number of benzene rings is 1. The summed E-state index contributed by atoms with van der Waals surface area (Å²) in [5.41, 5.74) is 0.606. The van der Waals surface area contributed by atoms with Gasteiger partial charge in [-0.25, -0.2) is 4.39 Å². The van der Waals surface area contributed by atoms with Gasteiger partial charge in [0.1, 0.15) is 5.82 Å². The molecule has 1 heterocycles. The van der Waals surface area contributed by atoms with Crippen molar-refractivity contribution < 1.29 is 4.39 Å². The third-order valence-electron chi connectivity index (χ3n) is 2.25. The zero-order valence-electron chi connectivity index (χ0n) is 8.66. The van der Waals surface area contributed by atoms with Gasteiger partial charge in [0.15, 0.2) is 0 Å². The number of hydrogen-bond acceptors (Lipinski definition) is 1. The van der Waals surface area contributed by atoms with Gasteiger partial charge in [-0.1, -0.05) is 12.1 Å². The van der Waals surface area contributed by atoms with E-state index in [9.17, 15) is 9.18 Å². The van der Waals surface area contributed by atoms with Crippen LogP contribution in [0, 0.1) is 5.82 Å². The van der Waals surface area contributed by atoms with E-state index in [4.69, 9.17) is 0 Å². The van der Waals surface area contributed by atoms with E-state index in [1.165, 1.54) is 16.7 Å². The molecule has 0 N–H and O–H groups in total. The molecule has 1 aromatic carbocycles. The van der Waals surface area contributed by atoms with Crippen molar-refractivity contribution in [2.24, 2.45) is 0 Å². The minimum absolute atomic E-state index is 0.141. The highest BCUT2D eigenvalue weighted by molar-refractivity contribution is 9.11. The molecule has 5 heteroatoms. The van der Waals surface area contributed by atoms with Gasteiger partial charge in [-0.3, -0.25) is 4.79 Å². The predicted molar refractivity (Wildman–Crippen MR) is 71.6 cm³/mol. The molecule has 0 radical (unpaired) electrons. The first-order valence-corrected chi connectivity index (χ1v) is 6.45. The van der Waals surface area contributed by atoms with Crippen molar-refractivity contribution in [1.29, 1.82) is 0 Å². The van der Waals surface area contributed by atoms with E-state index in [1.807, 2.05) is 0 Å². The molecule has 88 valence electrons. The van der Waals surface area contributed by atoms with Gasteiger partial charge in [0.05, 0.1) is 11.0 Å². The van der Waals surface area contributed by atoms with Crippen LogP contribution < -0.4 is 5.56 Å². The molecule has 0 saturated heterocycles. The van der Waals surface area contributed by atoms with Crippen LogP contribution in [0.1, 0.15) is 5.56 Å². The molecule has 0 aliphatic carbocycles. The Labute approximate surface area is 114 Å². The summed E-state index contributed by atoms with van der Waals surface area (Å²) in [4.78, 5) is 11.8. The quantitative estimate of drug-likeness (QED) is 0.802. The molecule has 0 bridgehead atoms. The van der Waals surface area contributed by atoms with Gasteiger partial charge >= 0.3 is 0 Å². The Hall–Kier alpha value is -0.940. The molecular formula is C12H8Br2FNO. The van der Waals surface area contributed by atoms with Crippen LogP contribution in [0.4, 0.5) is 4.39 Å². The number of halogens is 3. The maximum atomic E-state index is 13.0. The number of nitrogens with zero attached hydrogens (tertiary/aromatic N) is 1. The van der Waals surface area contributed by atoms with Gasteiger partial charge in [0.2, 0.25) is 0 Å². The van der Waals surface area contributed by atoms with E-state index in [0.717, 1.165) is 10.0 Å². The molecule has 0 amide bonds. The first-order chi connectivity index (χ1) is 8.06. The van der Waals surface area contributed by atoms with E-state index in [-0.39, 0.29) is 11.4 Å². The molecule has 0 saturated carbocycles. The van der Waals surface area contributed by atoms with E-state index in [1.54, 1.807) is 24.4 Å². The Morgan fingerprint density at radius 1 is 1.24 bits per heavy atom. The van der Waals surface area contributed by atoms with Crippen LogP contribution in [0.15, 0.2) is 50.3 Å². The Morgan fingerprint density at radius 2 is 2.00 bits per heavy atom. The second kappa shape index (κ2) is 5.14. The maximum Gasteiger partial charge on any atom is 0.265 e. The van der Waals surface area contributed by atoms with Gasteiger partial charge in [-0.15, -0.1) is 0 Å². The van der Waals surface area contributed by atoms with Crippen molar-refractivity contribution in [3.8, 4) is 0 Å². The average molecular weight is 361 g/mol. The van der Waals surface area contributed by atoms with Crippen LogP contribution in [-0.2, 0) is 6.54 Å². The maximum absolute atomic E-state index is 13.0. The summed E-state index contributed by atoms with van der Waals surface area (Å²) in [7, 11) is 0. The lowest BCUT2D eigenvalue weighted by Gasteiger charge is -2.07. The number of hydrogen-bond donors (Lipinski definition) is 0. The van der Waals surface area contributed by atoms with Crippen LogP contribution in [0.2, 0.25) is 0 Å². The third kappa shape index (κ3) is 3.04. The minimum Gasteiger partial charge on any atom is -0.309 e. The highest BCUT2D eigenvalue weighted by atomic mass is 79.9. The van der Waals surface area contributed by atoms with Crippen molar-refractivity contribution in [1.82, 2.24) is 4.57 Å². The summed E-state index contributed by atoms with van der Waals surface area (Å²) in [5, 5.41) is 0. The van der Waals surface area contributed by atoms with Crippen molar-refractivity contribution in [3.05, 3.63) is 67.2 Å². The summed E-state index contributed by atoms with van der Waals surface area (Å²) in [5.74, 6) is -0.301. The summed E-state index contributed by atoms with van der Waals surface area (Å²) >= 11 is 6.50. The Kier molecular flexibility index (Phi) is 3.79. The van der Waals surface area contributed by atoms with Crippen LogP contribution in [0.3, 0.4) is 0 Å². The molecule has 0 spiro atoms. The van der Waals surface area contributed by atoms with Gasteiger partial charge in [0, 0.05) is 10.7 Å². The van der Waals surface area contributed by atoms with Crippen molar-refractivity contribution in [3.63, 3.8) is 0 Å². The first kappa shape index (κ1) is 12.5. The molecule has 0 atom stereocenters. The SMILES string of the molecule is O=c1c(Br)cc(Br)cn1Cc1cccc(F)c1. The number of aromatic nitrogens is 1. The standard InChI is InChI=1S/C12H8Br2FNO/c13-9-5-11(14)12(17)16(7-9)6-8-2-1-3-10(15)4-8/h1-5,7H,6H2. The highest BCUT2D eigenvalue weighted by Gasteiger charge is 2.04. The third-order valence-corrected chi connectivity index (χ3v) is 3.25. The molecular weight excluding hydrogens is 353 g/mol. The fraction of sp³-hybridized carbons (Fsp3) is 0.0833. The molecule has 0 unspecified atom stereocenters. The molecule has 0 fully saturated rings. The van der Waals surface area contributed by atoms with Crippen molar-refractivity contribution >= 4 is 31.9 Å². The highest BCUT2D eigenvalue weighted by Crippen LogP contribution is 2.14. The average Bonchev–Trinajstić information content (AvgIpc) is 2.25. The van der Waals surface area contributed by atoms with Gasteiger partial charge in [-0.2, -0.15) is 0 Å². The molecule has 2 nitrogen and oxygen atoms in total. The predicted octanol–water partition coefficient (Wildman–Crippen LogP) is 3.56. The fourth-order valence-electron chi connectivity index (χ4n) is 1.51. The lowest BCUT2D eigenvalue weighted by atomic mass is 10.2. The van der Waals surface area contributed by atoms with Crippen molar-refractivity contribution in [2.45, 2.75) is 6.54 Å². The minimum atomic E-state index is -0.301. The van der Waals surface area contributed by atoms with Crippen LogP contribution >= 0.6 is 31.9 Å². The van der Waals surface area contributed by atoms with E-state index < -0.39 is 0 Å². The van der Waals surface area contributed by atoms with Gasteiger partial charge in [-0.05, 0) is 55.6 Å². The van der Waals surface area contributed by atoms with E-state index in [0.29, 0.717) is 11.0 Å². The monoisotopic (exact) mass is 359 g/mol. The molecule has 1 aromatic heterocycles. The van der Waals surface area contributed by atoms with Crippen LogP contribution in [0.25, 0.3) is 0 Å². The normalized spacial score (nSPS) is 10.5. The molecule has 2 rings (SSSR count). The molecule has 0 aliphatic heterocycles. The van der Waals surface area contributed by atoms with E-state index >= 15 is 0 Å². The number of rotatable bonds is 2. The summed E-state index contributed by atoms with van der Waals surface area (Å²) in [6, 6.07) is 7.89. The second-order valence-electron chi connectivity index (χ2n) is 3.57. The zero-order valence-corrected chi connectivity index (χ0v) is 11.8. The lowest BCUT2D eigenvalue weighted by Crippen LogP contribution is -2.20. The largest absolute Gasteiger partial charge is 0.309 e. The molecule has 0 aliphatic rings. The second-order valence-corrected chi connectivity index (χ2v) is 5.34. The topological polar surface area (TPSA) is 22.0 Å². The Morgan fingerprint density at radius 3 is 2.71 bits per heavy atom. The number of pyridine rings is 1. The summed E-state index contributed by atoms with van der Waals surface area (Å²) in [6.07, 6.45) is 1.68. The lowest BCUT2D eigenvalue weighted by molar-refractivity contribution is 0.622. The summed E-state index contributed by atoms with van der Waals surface area (Å²) < 4.78 is 15.8.